The highest BCUT2D eigenvalue weighted by atomic mass is 19.1. The number of hydrogen-bond donors (Lipinski definition) is 3. The molecule has 4 aromatic rings. The summed E-state index contributed by atoms with van der Waals surface area (Å²) in [5.74, 6) is -1.36. The van der Waals surface area contributed by atoms with Crippen molar-refractivity contribution in [2.75, 3.05) is 5.32 Å². The van der Waals surface area contributed by atoms with Gasteiger partial charge in [0.25, 0.3) is 5.75 Å². The van der Waals surface area contributed by atoms with Gasteiger partial charge in [0.05, 0.1) is 22.5 Å². The Kier molecular flexibility index (Phi) is 5.54. The molecule has 7 nitrogen and oxygen atoms in total. The van der Waals surface area contributed by atoms with E-state index >= 15 is 0 Å². The number of nitriles is 1. The third kappa shape index (κ3) is 4.12. The topological polar surface area (TPSA) is 129 Å². The van der Waals surface area contributed by atoms with Gasteiger partial charge in [0.2, 0.25) is 0 Å². The van der Waals surface area contributed by atoms with Gasteiger partial charge in [0.1, 0.15) is 29.2 Å². The summed E-state index contributed by atoms with van der Waals surface area (Å²) in [4.78, 5) is 16.0. The summed E-state index contributed by atoms with van der Waals surface area (Å²) >= 11 is 0. The Hall–Kier alpha value is -4.64. The summed E-state index contributed by atoms with van der Waals surface area (Å²) in [6.45, 7) is 1.43. The Balaban J connectivity index is 1.89. The first kappa shape index (κ1) is 21.6. The predicted octanol–water partition coefficient (Wildman–Crippen LogP) is 4.61. The lowest BCUT2D eigenvalue weighted by Crippen LogP contribution is -2.26. The zero-order valence-electron chi connectivity index (χ0n) is 17.4. The second-order valence-corrected chi connectivity index (χ2v) is 7.50. The number of aromatic hydroxyl groups is 1. The summed E-state index contributed by atoms with van der Waals surface area (Å²) in [7, 11) is 0. The first-order valence-electron chi connectivity index (χ1n) is 9.96. The van der Waals surface area contributed by atoms with E-state index in [0.29, 0.717) is 33.3 Å². The molecule has 0 spiro atoms. The van der Waals surface area contributed by atoms with Crippen LogP contribution >= 0.6 is 0 Å². The summed E-state index contributed by atoms with van der Waals surface area (Å²) < 4.78 is 14.0. The Labute approximate surface area is 188 Å². The lowest BCUT2D eigenvalue weighted by atomic mass is 9.98. The number of carboxylic acids is 1. The molecule has 0 aliphatic carbocycles. The van der Waals surface area contributed by atoms with E-state index in [4.69, 9.17) is 5.11 Å². The highest BCUT2D eigenvalue weighted by Gasteiger charge is 2.21. The Morgan fingerprint density at radius 3 is 2.48 bits per heavy atom. The number of rotatable bonds is 5. The molecule has 0 amide bonds. The number of anilines is 1. The van der Waals surface area contributed by atoms with Crippen LogP contribution in [0, 0.1) is 17.1 Å². The lowest BCUT2D eigenvalue weighted by Gasteiger charge is -2.17. The van der Waals surface area contributed by atoms with E-state index in [9.17, 15) is 24.7 Å². The minimum absolute atomic E-state index is 0.0449. The van der Waals surface area contributed by atoms with Crippen LogP contribution in [0.25, 0.3) is 33.3 Å². The number of hydrogen-bond acceptors (Lipinski definition) is 5. The van der Waals surface area contributed by atoms with Crippen LogP contribution in [0.15, 0.2) is 60.7 Å². The van der Waals surface area contributed by atoms with Gasteiger partial charge in [-0.2, -0.15) is 5.26 Å². The number of carbonyl (C=O) groups is 1. The van der Waals surface area contributed by atoms with Crippen LogP contribution in [0.3, 0.4) is 0 Å². The maximum Gasteiger partial charge on any atom is 0.325 e. The maximum atomic E-state index is 14.0. The number of pyridine rings is 1. The molecule has 0 aliphatic heterocycles. The molecule has 1 atom stereocenters. The molecule has 33 heavy (non-hydrogen) atoms. The number of phenols is 1. The zero-order valence-corrected chi connectivity index (χ0v) is 17.4. The van der Waals surface area contributed by atoms with E-state index in [1.54, 1.807) is 24.3 Å². The fourth-order valence-corrected chi connectivity index (χ4v) is 3.56. The molecule has 164 valence electrons. The van der Waals surface area contributed by atoms with Gasteiger partial charge in [0, 0.05) is 17.0 Å². The van der Waals surface area contributed by atoms with Gasteiger partial charge >= 0.3 is 5.97 Å². The van der Waals surface area contributed by atoms with Crippen molar-refractivity contribution >= 4 is 22.6 Å². The summed E-state index contributed by atoms with van der Waals surface area (Å²) in [6, 6.07) is 16.3. The molecular formula is C25H19FN3O4+. The number of nitrogens with one attached hydrogen (secondary N) is 1. The van der Waals surface area contributed by atoms with Crippen molar-refractivity contribution in [3.8, 4) is 40.0 Å². The highest BCUT2D eigenvalue weighted by molar-refractivity contribution is 5.99. The number of benzene rings is 3. The van der Waals surface area contributed by atoms with Gasteiger partial charge in [0.15, 0.2) is 0 Å². The normalized spacial score (nSPS) is 11.7. The summed E-state index contributed by atoms with van der Waals surface area (Å²) in [5.41, 5.74) is 2.81. The molecule has 0 saturated carbocycles. The second-order valence-electron chi connectivity index (χ2n) is 7.50. The largest absolute Gasteiger partial charge is 0.593 e. The molecule has 0 radical (unpaired) electrons. The highest BCUT2D eigenvalue weighted by Crippen LogP contribution is 2.37. The molecule has 8 heteroatoms. The summed E-state index contributed by atoms with van der Waals surface area (Å²) in [5, 5.41) is 40.2. The SMILES string of the molecule is CC(Nc1c(C#N)c(-c2ccc(-c3cc(O)ccc3[OH2+])cc2)nc2ccc(F)cc12)C(=O)O. The number of fused-ring (bicyclic) bond motifs is 1. The van der Waals surface area contributed by atoms with Gasteiger partial charge in [-0.3, -0.25) is 4.79 Å². The van der Waals surface area contributed by atoms with Crippen LogP contribution in [0.2, 0.25) is 0 Å². The van der Waals surface area contributed by atoms with Crippen LogP contribution in [-0.4, -0.2) is 32.3 Å². The van der Waals surface area contributed by atoms with E-state index in [2.05, 4.69) is 16.4 Å². The third-order valence-corrected chi connectivity index (χ3v) is 5.26. The Bertz CT molecular complexity index is 1430. The number of aliphatic carboxylic acids is 1. The molecule has 1 aromatic heterocycles. The van der Waals surface area contributed by atoms with Crippen molar-refractivity contribution < 1.29 is 24.5 Å². The molecule has 0 bridgehead atoms. The zero-order chi connectivity index (χ0) is 23.7. The first-order chi connectivity index (χ1) is 15.8. The fraction of sp³-hybridized carbons (Fsp3) is 0.0800. The van der Waals surface area contributed by atoms with E-state index in [0.717, 1.165) is 0 Å². The number of carboxylic acid groups (broad SMARTS) is 1. The molecule has 0 fully saturated rings. The van der Waals surface area contributed by atoms with Crippen LogP contribution < -0.4 is 5.32 Å². The molecule has 1 heterocycles. The van der Waals surface area contributed by atoms with Gasteiger partial charge in [-0.25, -0.2) is 9.37 Å². The smallest absolute Gasteiger partial charge is 0.325 e. The monoisotopic (exact) mass is 444 g/mol. The van der Waals surface area contributed by atoms with Crippen molar-refractivity contribution in [2.24, 2.45) is 0 Å². The van der Waals surface area contributed by atoms with Crippen molar-refractivity contribution in [1.82, 2.24) is 4.98 Å². The average molecular weight is 444 g/mol. The van der Waals surface area contributed by atoms with Gasteiger partial charge in [-0.1, -0.05) is 24.3 Å². The molecular weight excluding hydrogens is 425 g/mol. The quantitative estimate of drug-likeness (QED) is 0.386. The Morgan fingerprint density at radius 2 is 1.82 bits per heavy atom. The molecule has 0 aliphatic rings. The van der Waals surface area contributed by atoms with Crippen LogP contribution in [0.1, 0.15) is 12.5 Å². The van der Waals surface area contributed by atoms with Crippen molar-refractivity contribution in [3.05, 3.63) is 72.0 Å². The third-order valence-electron chi connectivity index (χ3n) is 5.26. The van der Waals surface area contributed by atoms with Gasteiger partial charge < -0.3 is 20.6 Å². The molecule has 0 saturated heterocycles. The predicted molar refractivity (Wildman–Crippen MR) is 123 cm³/mol. The van der Waals surface area contributed by atoms with E-state index < -0.39 is 17.8 Å². The van der Waals surface area contributed by atoms with Crippen LogP contribution in [0.5, 0.6) is 11.5 Å². The summed E-state index contributed by atoms with van der Waals surface area (Å²) in [6.07, 6.45) is 0. The standard InChI is InChI=1S/C25H18FN3O4/c1-13(25(32)33)28-24-19-10-16(26)6-8-21(19)29-23(20(24)12-27)15-4-2-14(3-5-15)18-11-17(30)7-9-22(18)31/h2-11,13,30-31H,1H3,(H,28,29)(H,32,33)/p+1. The molecule has 5 N–H and O–H groups in total. The van der Waals surface area contributed by atoms with E-state index in [1.165, 1.54) is 43.3 Å². The van der Waals surface area contributed by atoms with Crippen LogP contribution in [0.4, 0.5) is 10.1 Å². The van der Waals surface area contributed by atoms with Gasteiger partial charge in [-0.15, -0.1) is 0 Å². The number of nitrogens with zero attached hydrogens (tertiary/aromatic N) is 2. The minimum atomic E-state index is -1.12. The van der Waals surface area contributed by atoms with Gasteiger partial charge in [-0.05, 0) is 42.8 Å². The molecule has 3 aromatic carbocycles. The van der Waals surface area contributed by atoms with E-state index in [-0.39, 0.29) is 22.7 Å². The number of aromatic nitrogens is 1. The lowest BCUT2D eigenvalue weighted by molar-refractivity contribution is -0.137. The first-order valence-corrected chi connectivity index (χ1v) is 9.96. The Morgan fingerprint density at radius 1 is 1.12 bits per heavy atom. The second kappa shape index (κ2) is 8.48. The maximum absolute atomic E-state index is 14.0. The molecule has 4 rings (SSSR count). The van der Waals surface area contributed by atoms with E-state index in [1.807, 2.05) is 0 Å². The van der Waals surface area contributed by atoms with Crippen molar-refractivity contribution in [2.45, 2.75) is 13.0 Å². The van der Waals surface area contributed by atoms with Crippen molar-refractivity contribution in [1.29, 1.82) is 5.26 Å². The fourth-order valence-electron chi connectivity index (χ4n) is 3.56. The van der Waals surface area contributed by atoms with Crippen molar-refractivity contribution in [3.63, 3.8) is 0 Å². The van der Waals surface area contributed by atoms with Crippen LogP contribution in [-0.2, 0) is 4.79 Å². The minimum Gasteiger partial charge on any atom is -0.593 e. The number of phenolic OH excluding ortho intramolecular Hbond substituents is 1. The molecule has 1 unspecified atom stereocenters. The average Bonchev–Trinajstić information content (AvgIpc) is 2.80. The number of halogens is 1.